The molecule has 1 aromatic rings. The van der Waals surface area contributed by atoms with Crippen LogP contribution < -0.4 is 0 Å². The fourth-order valence-corrected chi connectivity index (χ4v) is 1.82. The van der Waals surface area contributed by atoms with E-state index < -0.39 is 11.8 Å². The van der Waals surface area contributed by atoms with Crippen molar-refractivity contribution in [3.8, 4) is 0 Å². The van der Waals surface area contributed by atoms with Gasteiger partial charge in [0, 0.05) is 16.9 Å². The molecule has 0 radical (unpaired) electrons. The van der Waals surface area contributed by atoms with Crippen molar-refractivity contribution in [2.45, 2.75) is 24.7 Å². The van der Waals surface area contributed by atoms with Crippen molar-refractivity contribution < 1.29 is 8.78 Å². The predicted octanol–water partition coefficient (Wildman–Crippen LogP) is 3.14. The number of hydrogen-bond acceptors (Lipinski definition) is 1. The van der Waals surface area contributed by atoms with Gasteiger partial charge < -0.3 is 0 Å². The van der Waals surface area contributed by atoms with Crippen LogP contribution in [0.4, 0.5) is 8.78 Å². The molecule has 2 rings (SSSR count). The van der Waals surface area contributed by atoms with E-state index in [2.05, 4.69) is 20.9 Å². The Labute approximate surface area is 83.3 Å². The van der Waals surface area contributed by atoms with Gasteiger partial charge in [-0.3, -0.25) is 4.98 Å². The normalized spacial score (nSPS) is 19.1. The van der Waals surface area contributed by atoms with E-state index in [-0.39, 0.29) is 0 Å². The molecular weight excluding hydrogens is 240 g/mol. The Morgan fingerprint density at radius 3 is 2.54 bits per heavy atom. The third kappa shape index (κ3) is 1.47. The van der Waals surface area contributed by atoms with Crippen molar-refractivity contribution in [2.75, 3.05) is 0 Å². The van der Waals surface area contributed by atoms with Crippen molar-refractivity contribution in [1.29, 1.82) is 0 Å². The van der Waals surface area contributed by atoms with Gasteiger partial charge in [0.25, 0.3) is 0 Å². The summed E-state index contributed by atoms with van der Waals surface area (Å²) in [5.41, 5.74) is -0.242. The lowest BCUT2D eigenvalue weighted by atomic mass is 9.99. The molecule has 0 spiro atoms. The average molecular weight is 248 g/mol. The summed E-state index contributed by atoms with van der Waals surface area (Å²) in [6.45, 7) is 0. The Hall–Kier alpha value is -0.510. The molecule has 1 heterocycles. The van der Waals surface area contributed by atoms with Crippen LogP contribution in [0.3, 0.4) is 0 Å². The maximum absolute atomic E-state index is 12.6. The summed E-state index contributed by atoms with van der Waals surface area (Å²) in [4.78, 5) is 3.89. The maximum Gasteiger partial charge on any atom is 0.248 e. The van der Waals surface area contributed by atoms with Crippen LogP contribution in [0.25, 0.3) is 0 Å². The predicted molar refractivity (Wildman–Crippen MR) is 48.9 cm³/mol. The zero-order valence-electron chi connectivity index (χ0n) is 6.80. The molecule has 0 aliphatic heterocycles. The summed E-state index contributed by atoms with van der Waals surface area (Å²) in [6.07, 6.45) is 2.00. The molecule has 1 fully saturated rings. The summed E-state index contributed by atoms with van der Waals surface area (Å²) in [7, 11) is 0. The zero-order valence-corrected chi connectivity index (χ0v) is 8.39. The van der Waals surface area contributed by atoms with E-state index in [1.807, 2.05) is 0 Å². The van der Waals surface area contributed by atoms with Crippen molar-refractivity contribution >= 4 is 15.9 Å². The van der Waals surface area contributed by atoms with Crippen molar-refractivity contribution in [3.63, 3.8) is 0 Å². The topological polar surface area (TPSA) is 12.9 Å². The SMILES string of the molecule is FC(F)C1(c2cncc(Br)c2)CC1. The van der Waals surface area contributed by atoms with Gasteiger partial charge in [-0.1, -0.05) is 0 Å². The van der Waals surface area contributed by atoms with Crippen LogP contribution in [0.2, 0.25) is 0 Å². The number of hydrogen-bond donors (Lipinski definition) is 0. The fourth-order valence-electron chi connectivity index (χ4n) is 1.45. The van der Waals surface area contributed by atoms with Crippen LogP contribution in [0.5, 0.6) is 0 Å². The molecule has 0 bridgehead atoms. The van der Waals surface area contributed by atoms with Gasteiger partial charge in [-0.2, -0.15) is 0 Å². The second-order valence-electron chi connectivity index (χ2n) is 3.35. The summed E-state index contributed by atoms with van der Waals surface area (Å²) in [5, 5.41) is 0. The minimum Gasteiger partial charge on any atom is -0.263 e. The van der Waals surface area contributed by atoms with Gasteiger partial charge in [-0.15, -0.1) is 0 Å². The lowest BCUT2D eigenvalue weighted by molar-refractivity contribution is 0.102. The molecule has 70 valence electrons. The third-order valence-electron chi connectivity index (χ3n) is 2.49. The van der Waals surface area contributed by atoms with Gasteiger partial charge in [0.1, 0.15) is 0 Å². The van der Waals surface area contributed by atoms with Gasteiger partial charge in [0.05, 0.1) is 5.41 Å². The van der Waals surface area contributed by atoms with E-state index in [0.717, 1.165) is 4.47 Å². The molecule has 1 aliphatic rings. The molecule has 1 aromatic heterocycles. The average Bonchev–Trinajstić information content (AvgIpc) is 2.83. The van der Waals surface area contributed by atoms with Gasteiger partial charge in [0.2, 0.25) is 6.43 Å². The molecule has 0 aromatic carbocycles. The first-order valence-electron chi connectivity index (χ1n) is 4.04. The fraction of sp³-hybridized carbons (Fsp3) is 0.444. The van der Waals surface area contributed by atoms with Crippen molar-refractivity contribution in [1.82, 2.24) is 4.98 Å². The maximum atomic E-state index is 12.6. The molecule has 0 unspecified atom stereocenters. The van der Waals surface area contributed by atoms with Crippen molar-refractivity contribution in [2.24, 2.45) is 0 Å². The number of nitrogens with zero attached hydrogens (tertiary/aromatic N) is 1. The lowest BCUT2D eigenvalue weighted by Gasteiger charge is -2.13. The minimum absolute atomic E-state index is 0.572. The highest BCUT2D eigenvalue weighted by Gasteiger charge is 2.52. The Morgan fingerprint density at radius 1 is 1.38 bits per heavy atom. The van der Waals surface area contributed by atoms with Gasteiger partial charge in [-0.25, -0.2) is 8.78 Å². The summed E-state index contributed by atoms with van der Waals surface area (Å²) in [5.74, 6) is 0. The van der Waals surface area contributed by atoms with E-state index in [0.29, 0.717) is 18.4 Å². The highest BCUT2D eigenvalue weighted by Crippen LogP contribution is 2.52. The standard InChI is InChI=1S/C9H8BrF2N/c10-7-3-6(4-13-5-7)9(1-2-9)8(11)12/h3-5,8H,1-2H2. The first kappa shape index (κ1) is 9.06. The largest absolute Gasteiger partial charge is 0.263 e. The summed E-state index contributed by atoms with van der Waals surface area (Å²) in [6, 6.07) is 1.73. The zero-order chi connectivity index (χ0) is 9.47. The van der Waals surface area contributed by atoms with Crippen LogP contribution in [-0.4, -0.2) is 11.4 Å². The first-order chi connectivity index (χ1) is 6.15. The van der Waals surface area contributed by atoms with Gasteiger partial charge in [-0.05, 0) is 40.4 Å². The molecule has 1 aliphatic carbocycles. The molecule has 13 heavy (non-hydrogen) atoms. The van der Waals surface area contributed by atoms with Crippen LogP contribution in [0.1, 0.15) is 18.4 Å². The molecule has 0 atom stereocenters. The quantitative estimate of drug-likeness (QED) is 0.783. The monoisotopic (exact) mass is 247 g/mol. The van der Waals surface area contributed by atoms with Gasteiger partial charge >= 0.3 is 0 Å². The number of pyridine rings is 1. The number of halogens is 3. The molecule has 1 saturated carbocycles. The minimum atomic E-state index is -2.27. The van der Waals surface area contributed by atoms with E-state index in [4.69, 9.17) is 0 Å². The Balaban J connectivity index is 2.35. The highest BCUT2D eigenvalue weighted by molar-refractivity contribution is 9.10. The van der Waals surface area contributed by atoms with E-state index in [1.54, 1.807) is 12.3 Å². The number of rotatable bonds is 2. The van der Waals surface area contributed by atoms with E-state index in [9.17, 15) is 8.78 Å². The molecule has 1 nitrogen and oxygen atoms in total. The lowest BCUT2D eigenvalue weighted by Crippen LogP contribution is -2.17. The van der Waals surface area contributed by atoms with Gasteiger partial charge in [0.15, 0.2) is 0 Å². The summed E-state index contributed by atoms with van der Waals surface area (Å²) >= 11 is 3.22. The third-order valence-corrected chi connectivity index (χ3v) is 2.92. The molecular formula is C9H8BrF2N. The Morgan fingerprint density at radius 2 is 2.08 bits per heavy atom. The molecule has 0 saturated heterocycles. The van der Waals surface area contributed by atoms with E-state index >= 15 is 0 Å². The highest BCUT2D eigenvalue weighted by atomic mass is 79.9. The molecule has 0 N–H and O–H groups in total. The smallest absolute Gasteiger partial charge is 0.248 e. The summed E-state index contributed by atoms with van der Waals surface area (Å²) < 4.78 is 26.1. The van der Waals surface area contributed by atoms with Crippen LogP contribution >= 0.6 is 15.9 Å². The molecule has 0 amide bonds. The second-order valence-corrected chi connectivity index (χ2v) is 4.26. The second kappa shape index (κ2) is 3.01. The van der Waals surface area contributed by atoms with Crippen LogP contribution in [0, 0.1) is 0 Å². The van der Waals surface area contributed by atoms with Crippen LogP contribution in [-0.2, 0) is 5.41 Å². The molecule has 4 heteroatoms. The van der Waals surface area contributed by atoms with Crippen molar-refractivity contribution in [3.05, 3.63) is 28.5 Å². The number of aromatic nitrogens is 1. The van der Waals surface area contributed by atoms with Crippen LogP contribution in [0.15, 0.2) is 22.9 Å². The first-order valence-corrected chi connectivity index (χ1v) is 4.84. The number of alkyl halides is 2. The Bertz CT molecular complexity index is 323. The van der Waals surface area contributed by atoms with E-state index in [1.165, 1.54) is 6.20 Å². The Kier molecular flexibility index (Phi) is 2.10.